The lowest BCUT2D eigenvalue weighted by Gasteiger charge is -2.08. The summed E-state index contributed by atoms with van der Waals surface area (Å²) in [6.07, 6.45) is 1.73. The summed E-state index contributed by atoms with van der Waals surface area (Å²) in [5.74, 6) is 0.584. The van der Waals surface area contributed by atoms with Gasteiger partial charge in [-0.25, -0.2) is 4.98 Å². The molecule has 1 aromatic carbocycles. The summed E-state index contributed by atoms with van der Waals surface area (Å²) in [5.41, 5.74) is 3.89. The Labute approximate surface area is 150 Å². The minimum atomic E-state index is -0.119. The highest BCUT2D eigenvalue weighted by Crippen LogP contribution is 2.15. The lowest BCUT2D eigenvalue weighted by Crippen LogP contribution is -2.28. The molecule has 0 aliphatic heterocycles. The van der Waals surface area contributed by atoms with Crippen molar-refractivity contribution in [3.63, 3.8) is 0 Å². The third-order valence-corrected chi connectivity index (χ3v) is 4.05. The number of ether oxygens (including phenoxy) is 1. The fraction of sp³-hybridized carbons (Fsp3) is 0.211. The van der Waals surface area contributed by atoms with Crippen molar-refractivity contribution >= 4 is 17.2 Å². The number of rotatable bonds is 5. The van der Waals surface area contributed by atoms with Gasteiger partial charge in [0.25, 0.3) is 5.91 Å². The number of benzene rings is 1. The average Bonchev–Trinajstić information content (AvgIpc) is 3.13. The SMILES string of the molecule is CC(C)N=c1ccccn1C(=O)c1ccc(OCc2cscn2)cc1. The van der Waals surface area contributed by atoms with Crippen LogP contribution in [0.15, 0.2) is 64.5 Å². The molecule has 3 rings (SSSR count). The number of pyridine rings is 1. The van der Waals surface area contributed by atoms with Gasteiger partial charge in [-0.3, -0.25) is 14.4 Å². The molecule has 0 unspecified atom stereocenters. The van der Waals surface area contributed by atoms with Crippen molar-refractivity contribution in [2.45, 2.75) is 26.5 Å². The summed E-state index contributed by atoms with van der Waals surface area (Å²) in [5, 5.41) is 1.95. The summed E-state index contributed by atoms with van der Waals surface area (Å²) >= 11 is 1.54. The van der Waals surface area contributed by atoms with E-state index in [1.54, 1.807) is 40.5 Å². The van der Waals surface area contributed by atoms with Crippen LogP contribution >= 0.6 is 11.3 Å². The Bertz CT molecular complexity index is 897. The van der Waals surface area contributed by atoms with Crippen LogP contribution in [0.2, 0.25) is 0 Å². The van der Waals surface area contributed by atoms with E-state index in [0.717, 1.165) is 5.69 Å². The van der Waals surface area contributed by atoms with Gasteiger partial charge in [0.15, 0.2) is 0 Å². The topological polar surface area (TPSA) is 56.5 Å². The molecule has 0 radical (unpaired) electrons. The monoisotopic (exact) mass is 353 g/mol. The van der Waals surface area contributed by atoms with Crippen molar-refractivity contribution in [3.8, 4) is 5.75 Å². The van der Waals surface area contributed by atoms with Gasteiger partial charge in [0.05, 0.1) is 11.2 Å². The third-order valence-electron chi connectivity index (χ3n) is 3.42. The molecule has 2 heterocycles. The molecule has 0 N–H and O–H groups in total. The highest BCUT2D eigenvalue weighted by molar-refractivity contribution is 7.07. The predicted molar refractivity (Wildman–Crippen MR) is 97.7 cm³/mol. The maximum absolute atomic E-state index is 12.8. The van der Waals surface area contributed by atoms with Crippen molar-refractivity contribution in [2.75, 3.05) is 0 Å². The largest absolute Gasteiger partial charge is 0.487 e. The van der Waals surface area contributed by atoms with Crippen molar-refractivity contribution in [1.29, 1.82) is 0 Å². The van der Waals surface area contributed by atoms with Crippen molar-refractivity contribution < 1.29 is 9.53 Å². The molecule has 0 saturated carbocycles. The van der Waals surface area contributed by atoms with E-state index in [1.807, 2.05) is 37.4 Å². The molecule has 2 aromatic heterocycles. The molecule has 128 valence electrons. The highest BCUT2D eigenvalue weighted by Gasteiger charge is 2.09. The Morgan fingerprint density at radius 1 is 1.24 bits per heavy atom. The number of hydrogen-bond acceptors (Lipinski definition) is 5. The van der Waals surface area contributed by atoms with E-state index >= 15 is 0 Å². The number of hydrogen-bond donors (Lipinski definition) is 0. The first kappa shape index (κ1) is 17.1. The van der Waals surface area contributed by atoms with Gasteiger partial charge < -0.3 is 4.74 Å². The van der Waals surface area contributed by atoms with Gasteiger partial charge in [0.2, 0.25) is 0 Å². The van der Waals surface area contributed by atoms with Gasteiger partial charge in [-0.2, -0.15) is 0 Å². The van der Waals surface area contributed by atoms with E-state index < -0.39 is 0 Å². The first-order valence-corrected chi connectivity index (χ1v) is 8.94. The fourth-order valence-electron chi connectivity index (χ4n) is 2.27. The Kier molecular flexibility index (Phi) is 5.40. The van der Waals surface area contributed by atoms with Crippen LogP contribution in [0, 0.1) is 0 Å². The first-order valence-electron chi connectivity index (χ1n) is 7.99. The van der Waals surface area contributed by atoms with Crippen LogP contribution < -0.4 is 10.2 Å². The summed E-state index contributed by atoms with van der Waals surface area (Å²) in [6, 6.07) is 12.8. The van der Waals surface area contributed by atoms with E-state index in [0.29, 0.717) is 23.4 Å². The van der Waals surface area contributed by atoms with E-state index in [4.69, 9.17) is 4.74 Å². The maximum atomic E-state index is 12.8. The van der Waals surface area contributed by atoms with Crippen LogP contribution in [0.3, 0.4) is 0 Å². The van der Waals surface area contributed by atoms with Crippen molar-refractivity contribution in [1.82, 2.24) is 9.55 Å². The molecule has 0 amide bonds. The molecular weight excluding hydrogens is 334 g/mol. The second-order valence-corrected chi connectivity index (χ2v) is 6.47. The second kappa shape index (κ2) is 7.90. The molecular formula is C19H19N3O2S. The van der Waals surface area contributed by atoms with Gasteiger partial charge in [-0.05, 0) is 50.2 Å². The molecule has 0 saturated heterocycles. The van der Waals surface area contributed by atoms with Gasteiger partial charge in [-0.15, -0.1) is 11.3 Å². The zero-order valence-corrected chi connectivity index (χ0v) is 14.9. The van der Waals surface area contributed by atoms with Crippen LogP contribution in [0.25, 0.3) is 0 Å². The normalized spacial score (nSPS) is 11.7. The number of carbonyl (C=O) groups is 1. The lowest BCUT2D eigenvalue weighted by atomic mass is 10.2. The number of thiazole rings is 1. The molecule has 25 heavy (non-hydrogen) atoms. The van der Waals surface area contributed by atoms with Crippen LogP contribution in [-0.4, -0.2) is 21.5 Å². The maximum Gasteiger partial charge on any atom is 0.263 e. The smallest absolute Gasteiger partial charge is 0.263 e. The molecule has 3 aromatic rings. The molecule has 0 bridgehead atoms. The number of carbonyl (C=O) groups excluding carboxylic acids is 1. The molecule has 0 fully saturated rings. The standard InChI is InChI=1S/C19H19N3O2S/c1-14(2)21-18-5-3-4-10-22(18)19(23)15-6-8-17(9-7-15)24-11-16-12-25-13-20-16/h3-10,12-14H,11H2,1-2H3. The number of aromatic nitrogens is 2. The molecule has 0 aliphatic carbocycles. The predicted octanol–water partition coefficient (Wildman–Crippen LogP) is 3.52. The molecule has 0 spiro atoms. The summed E-state index contributed by atoms with van der Waals surface area (Å²) < 4.78 is 7.24. The van der Waals surface area contributed by atoms with Crippen molar-refractivity contribution in [2.24, 2.45) is 4.99 Å². The molecule has 0 aliphatic rings. The Balaban J connectivity index is 1.77. The van der Waals surface area contributed by atoms with Crippen LogP contribution in [0.4, 0.5) is 0 Å². The Morgan fingerprint density at radius 2 is 2.04 bits per heavy atom. The number of nitrogens with zero attached hydrogens (tertiary/aromatic N) is 3. The molecule has 6 heteroatoms. The summed E-state index contributed by atoms with van der Waals surface area (Å²) in [4.78, 5) is 21.4. The van der Waals surface area contributed by atoms with E-state index in [1.165, 1.54) is 11.3 Å². The van der Waals surface area contributed by atoms with E-state index in [2.05, 4.69) is 9.98 Å². The minimum Gasteiger partial charge on any atom is -0.487 e. The zero-order chi connectivity index (χ0) is 17.6. The zero-order valence-electron chi connectivity index (χ0n) is 14.1. The fourth-order valence-corrected chi connectivity index (χ4v) is 2.82. The first-order chi connectivity index (χ1) is 12.1. The minimum absolute atomic E-state index is 0.114. The van der Waals surface area contributed by atoms with Gasteiger partial charge >= 0.3 is 0 Å². The third kappa shape index (κ3) is 4.42. The quantitative estimate of drug-likeness (QED) is 0.705. The van der Waals surface area contributed by atoms with Crippen molar-refractivity contribution in [3.05, 3.63) is 76.3 Å². The Hall–Kier alpha value is -2.73. The highest BCUT2D eigenvalue weighted by atomic mass is 32.1. The van der Waals surface area contributed by atoms with Crippen LogP contribution in [0.5, 0.6) is 5.75 Å². The van der Waals surface area contributed by atoms with Gasteiger partial charge in [-0.1, -0.05) is 6.07 Å². The second-order valence-electron chi connectivity index (χ2n) is 5.75. The lowest BCUT2D eigenvalue weighted by molar-refractivity contribution is 0.0954. The average molecular weight is 353 g/mol. The van der Waals surface area contributed by atoms with Gasteiger partial charge in [0, 0.05) is 23.2 Å². The van der Waals surface area contributed by atoms with Gasteiger partial charge in [0.1, 0.15) is 17.8 Å². The molecule has 5 nitrogen and oxygen atoms in total. The van der Waals surface area contributed by atoms with Crippen LogP contribution in [-0.2, 0) is 6.61 Å². The van der Waals surface area contributed by atoms with E-state index in [9.17, 15) is 4.79 Å². The van der Waals surface area contributed by atoms with E-state index in [-0.39, 0.29) is 11.9 Å². The molecule has 0 atom stereocenters. The van der Waals surface area contributed by atoms with Crippen LogP contribution in [0.1, 0.15) is 29.9 Å². The summed E-state index contributed by atoms with van der Waals surface area (Å²) in [7, 11) is 0. The Morgan fingerprint density at radius 3 is 2.72 bits per heavy atom. The summed E-state index contributed by atoms with van der Waals surface area (Å²) in [6.45, 7) is 4.38.